The van der Waals surface area contributed by atoms with Gasteiger partial charge >= 0.3 is 0 Å². The SMILES string of the molecule is Cc1cc(C(=O)NC2CCC(CO)CC2)c(C)cc1Br. The van der Waals surface area contributed by atoms with Gasteiger partial charge < -0.3 is 10.4 Å². The number of carbonyl (C=O) groups is 1. The highest BCUT2D eigenvalue weighted by Gasteiger charge is 2.22. The van der Waals surface area contributed by atoms with Crippen LogP contribution in [0.2, 0.25) is 0 Å². The predicted molar refractivity (Wildman–Crippen MR) is 83.9 cm³/mol. The molecule has 1 fully saturated rings. The molecule has 1 aromatic rings. The number of aliphatic hydroxyl groups excluding tert-OH is 1. The quantitative estimate of drug-likeness (QED) is 0.887. The molecule has 20 heavy (non-hydrogen) atoms. The predicted octanol–water partition coefficient (Wildman–Crippen LogP) is 3.35. The summed E-state index contributed by atoms with van der Waals surface area (Å²) in [6, 6.07) is 4.18. The Kier molecular flexibility index (Phi) is 5.22. The van der Waals surface area contributed by atoms with E-state index < -0.39 is 0 Å². The molecule has 0 heterocycles. The summed E-state index contributed by atoms with van der Waals surface area (Å²) in [7, 11) is 0. The van der Waals surface area contributed by atoms with Crippen LogP contribution in [0, 0.1) is 19.8 Å². The van der Waals surface area contributed by atoms with Crippen molar-refractivity contribution in [3.63, 3.8) is 0 Å². The fourth-order valence-corrected chi connectivity index (χ4v) is 3.24. The Labute approximate surface area is 128 Å². The first-order chi connectivity index (χ1) is 9.51. The first-order valence-electron chi connectivity index (χ1n) is 7.19. The lowest BCUT2D eigenvalue weighted by Gasteiger charge is -2.28. The lowest BCUT2D eigenvalue weighted by atomic mass is 9.86. The van der Waals surface area contributed by atoms with Gasteiger partial charge in [-0.05, 0) is 68.7 Å². The molecule has 4 heteroatoms. The number of carbonyl (C=O) groups excluding carboxylic acids is 1. The van der Waals surface area contributed by atoms with E-state index in [1.165, 1.54) is 0 Å². The van der Waals surface area contributed by atoms with Crippen molar-refractivity contribution >= 4 is 21.8 Å². The molecule has 0 bridgehead atoms. The second kappa shape index (κ2) is 6.72. The molecule has 0 aromatic heterocycles. The highest BCUT2D eigenvalue weighted by molar-refractivity contribution is 9.10. The molecule has 1 saturated carbocycles. The number of nitrogens with one attached hydrogen (secondary N) is 1. The third-order valence-electron chi connectivity index (χ3n) is 4.19. The second-order valence-electron chi connectivity index (χ2n) is 5.79. The Morgan fingerprint density at radius 3 is 2.50 bits per heavy atom. The summed E-state index contributed by atoms with van der Waals surface area (Å²) in [6.45, 7) is 4.22. The van der Waals surface area contributed by atoms with E-state index in [1.54, 1.807) is 0 Å². The fourth-order valence-electron chi connectivity index (χ4n) is 2.78. The summed E-state index contributed by atoms with van der Waals surface area (Å²) < 4.78 is 1.04. The smallest absolute Gasteiger partial charge is 0.251 e. The van der Waals surface area contributed by atoms with Crippen LogP contribution < -0.4 is 5.32 Å². The molecule has 2 rings (SSSR count). The van der Waals surface area contributed by atoms with Crippen molar-refractivity contribution in [2.45, 2.75) is 45.6 Å². The number of aliphatic hydroxyl groups is 1. The van der Waals surface area contributed by atoms with E-state index in [-0.39, 0.29) is 18.6 Å². The first-order valence-corrected chi connectivity index (χ1v) is 7.99. The highest BCUT2D eigenvalue weighted by atomic mass is 79.9. The van der Waals surface area contributed by atoms with Crippen LogP contribution in [0.25, 0.3) is 0 Å². The zero-order valence-corrected chi connectivity index (χ0v) is 13.7. The zero-order chi connectivity index (χ0) is 14.7. The van der Waals surface area contributed by atoms with E-state index in [0.29, 0.717) is 5.92 Å². The van der Waals surface area contributed by atoms with Gasteiger partial charge in [-0.2, -0.15) is 0 Å². The van der Waals surface area contributed by atoms with Gasteiger partial charge in [-0.25, -0.2) is 0 Å². The number of benzene rings is 1. The number of hydrogen-bond donors (Lipinski definition) is 2. The van der Waals surface area contributed by atoms with E-state index in [1.807, 2.05) is 26.0 Å². The van der Waals surface area contributed by atoms with E-state index >= 15 is 0 Å². The molecule has 0 atom stereocenters. The lowest BCUT2D eigenvalue weighted by molar-refractivity contribution is 0.0913. The van der Waals surface area contributed by atoms with Crippen LogP contribution in [0.15, 0.2) is 16.6 Å². The van der Waals surface area contributed by atoms with Gasteiger partial charge in [0.2, 0.25) is 0 Å². The van der Waals surface area contributed by atoms with Crippen LogP contribution in [0.5, 0.6) is 0 Å². The summed E-state index contributed by atoms with van der Waals surface area (Å²) in [6.07, 6.45) is 3.93. The van der Waals surface area contributed by atoms with Crippen LogP contribution in [0.1, 0.15) is 47.2 Å². The Bertz CT molecular complexity index is 493. The monoisotopic (exact) mass is 339 g/mol. The van der Waals surface area contributed by atoms with E-state index in [0.717, 1.165) is 46.8 Å². The minimum atomic E-state index is 0.0190. The van der Waals surface area contributed by atoms with Gasteiger partial charge in [-0.1, -0.05) is 15.9 Å². The Morgan fingerprint density at radius 1 is 1.25 bits per heavy atom. The van der Waals surface area contributed by atoms with Gasteiger partial charge in [0.1, 0.15) is 0 Å². The molecule has 1 aliphatic rings. The van der Waals surface area contributed by atoms with Crippen molar-refractivity contribution in [3.8, 4) is 0 Å². The standard InChI is InChI=1S/C16H22BrNO2/c1-10-8-15(17)11(2)7-14(10)16(20)18-13-5-3-12(9-19)4-6-13/h7-8,12-13,19H,3-6,9H2,1-2H3,(H,18,20). The molecule has 110 valence electrons. The topological polar surface area (TPSA) is 49.3 Å². The molecule has 1 aliphatic carbocycles. The molecule has 2 N–H and O–H groups in total. The summed E-state index contributed by atoms with van der Waals surface area (Å²) >= 11 is 3.49. The largest absolute Gasteiger partial charge is 0.396 e. The van der Waals surface area contributed by atoms with Crippen molar-refractivity contribution < 1.29 is 9.90 Å². The lowest BCUT2D eigenvalue weighted by Crippen LogP contribution is -2.38. The van der Waals surface area contributed by atoms with Crippen LogP contribution in [-0.2, 0) is 0 Å². The molecule has 0 saturated heterocycles. The van der Waals surface area contributed by atoms with Gasteiger partial charge in [-0.15, -0.1) is 0 Å². The van der Waals surface area contributed by atoms with Gasteiger partial charge in [0.25, 0.3) is 5.91 Å². The average Bonchev–Trinajstić information content (AvgIpc) is 2.43. The second-order valence-corrected chi connectivity index (χ2v) is 6.64. The summed E-state index contributed by atoms with van der Waals surface area (Å²) in [5.41, 5.74) is 2.82. The molecule has 1 aromatic carbocycles. The number of aryl methyl sites for hydroxylation is 2. The molecule has 0 unspecified atom stereocenters. The van der Waals surface area contributed by atoms with Crippen LogP contribution in [0.3, 0.4) is 0 Å². The first kappa shape index (κ1) is 15.5. The third kappa shape index (κ3) is 3.61. The number of rotatable bonds is 3. The molecule has 0 radical (unpaired) electrons. The van der Waals surface area contributed by atoms with Crippen LogP contribution >= 0.6 is 15.9 Å². The van der Waals surface area contributed by atoms with Crippen molar-refractivity contribution in [2.24, 2.45) is 5.92 Å². The zero-order valence-electron chi connectivity index (χ0n) is 12.1. The van der Waals surface area contributed by atoms with Crippen molar-refractivity contribution in [3.05, 3.63) is 33.3 Å². The van der Waals surface area contributed by atoms with E-state index in [4.69, 9.17) is 5.11 Å². The minimum Gasteiger partial charge on any atom is -0.396 e. The van der Waals surface area contributed by atoms with Crippen LogP contribution in [0.4, 0.5) is 0 Å². The van der Waals surface area contributed by atoms with E-state index in [2.05, 4.69) is 21.2 Å². The number of halogens is 1. The number of hydrogen-bond acceptors (Lipinski definition) is 2. The van der Waals surface area contributed by atoms with Crippen molar-refractivity contribution in [1.82, 2.24) is 5.32 Å². The average molecular weight is 340 g/mol. The van der Waals surface area contributed by atoms with E-state index in [9.17, 15) is 4.79 Å². The van der Waals surface area contributed by atoms with Gasteiger partial charge in [0.05, 0.1) is 0 Å². The van der Waals surface area contributed by atoms with Gasteiger partial charge in [-0.3, -0.25) is 4.79 Å². The highest BCUT2D eigenvalue weighted by Crippen LogP contribution is 2.25. The summed E-state index contributed by atoms with van der Waals surface area (Å²) in [5.74, 6) is 0.436. The Morgan fingerprint density at radius 2 is 1.90 bits per heavy atom. The maximum Gasteiger partial charge on any atom is 0.251 e. The molecule has 3 nitrogen and oxygen atoms in total. The molecular weight excluding hydrogens is 318 g/mol. The molecule has 0 aliphatic heterocycles. The molecule has 1 amide bonds. The number of amides is 1. The van der Waals surface area contributed by atoms with Crippen molar-refractivity contribution in [1.29, 1.82) is 0 Å². The minimum absolute atomic E-state index is 0.0190. The summed E-state index contributed by atoms with van der Waals surface area (Å²) in [5, 5.41) is 12.3. The fraction of sp³-hybridized carbons (Fsp3) is 0.562. The summed E-state index contributed by atoms with van der Waals surface area (Å²) in [4.78, 5) is 12.4. The van der Waals surface area contributed by atoms with Gasteiger partial charge in [0.15, 0.2) is 0 Å². The van der Waals surface area contributed by atoms with Gasteiger partial charge in [0, 0.05) is 22.7 Å². The maximum atomic E-state index is 12.4. The van der Waals surface area contributed by atoms with Crippen molar-refractivity contribution in [2.75, 3.05) is 6.61 Å². The normalized spacial score (nSPS) is 22.6. The maximum absolute atomic E-state index is 12.4. The molecular formula is C16H22BrNO2. The Balaban J connectivity index is 2.01. The van der Waals surface area contributed by atoms with Crippen LogP contribution in [-0.4, -0.2) is 23.7 Å². The molecule has 0 spiro atoms. The Hall–Kier alpha value is -0.870. The third-order valence-corrected chi connectivity index (χ3v) is 5.04.